The third-order valence-corrected chi connectivity index (χ3v) is 3.78. The zero-order chi connectivity index (χ0) is 12.3. The van der Waals surface area contributed by atoms with Gasteiger partial charge in [-0.05, 0) is 24.7 Å². The van der Waals surface area contributed by atoms with E-state index in [1.165, 1.54) is 6.92 Å². The summed E-state index contributed by atoms with van der Waals surface area (Å²) in [6.45, 7) is 9.03. The molecule has 0 radical (unpaired) electrons. The Kier molecular flexibility index (Phi) is 4.68. The van der Waals surface area contributed by atoms with Crippen LogP contribution in [0.1, 0.15) is 60.3 Å². The topological polar surface area (TPSA) is 0 Å². The monoisotopic (exact) mass is 224 g/mol. The van der Waals surface area contributed by atoms with Gasteiger partial charge < -0.3 is 0 Å². The van der Waals surface area contributed by atoms with Gasteiger partial charge in [0, 0.05) is 0 Å². The van der Waals surface area contributed by atoms with Crippen LogP contribution in [0.3, 0.4) is 0 Å². The van der Waals surface area contributed by atoms with E-state index in [-0.39, 0.29) is 18.3 Å². The highest BCUT2D eigenvalue weighted by Crippen LogP contribution is 2.46. The number of hydrogen-bond acceptors (Lipinski definition) is 0. The molecular formula is C12H23F3. The fraction of sp³-hybridized carbons (Fsp3) is 1.00. The molecule has 15 heavy (non-hydrogen) atoms. The average molecular weight is 224 g/mol. The minimum atomic E-state index is -4.08. The summed E-state index contributed by atoms with van der Waals surface area (Å²) in [5.41, 5.74) is -1.50. The molecule has 0 N–H and O–H groups in total. The Hall–Kier alpha value is -0.210. The minimum Gasteiger partial charge on any atom is -0.171 e. The van der Waals surface area contributed by atoms with Crippen LogP contribution in [0.15, 0.2) is 0 Å². The van der Waals surface area contributed by atoms with Gasteiger partial charge in [0.25, 0.3) is 0 Å². The zero-order valence-corrected chi connectivity index (χ0v) is 10.5. The van der Waals surface area contributed by atoms with Gasteiger partial charge in [-0.1, -0.05) is 41.0 Å². The molecule has 0 bridgehead atoms. The Balaban J connectivity index is 4.48. The van der Waals surface area contributed by atoms with E-state index in [9.17, 15) is 13.2 Å². The average Bonchev–Trinajstić information content (AvgIpc) is 2.12. The molecule has 0 aliphatic rings. The molecular weight excluding hydrogens is 201 g/mol. The van der Waals surface area contributed by atoms with Gasteiger partial charge in [-0.25, -0.2) is 0 Å². The van der Waals surface area contributed by atoms with E-state index in [1.54, 1.807) is 6.92 Å². The van der Waals surface area contributed by atoms with Crippen LogP contribution in [0.5, 0.6) is 0 Å². The third-order valence-electron chi connectivity index (χ3n) is 3.78. The second-order valence-electron chi connectivity index (χ2n) is 5.43. The van der Waals surface area contributed by atoms with Crippen molar-refractivity contribution in [3.05, 3.63) is 0 Å². The standard InChI is InChI=1S/C12H23F3/c1-6-10(3,4)8-9-11(5,7-2)12(13,14)15/h6-9H2,1-5H3. The lowest BCUT2D eigenvalue weighted by molar-refractivity contribution is -0.223. The summed E-state index contributed by atoms with van der Waals surface area (Å²) in [4.78, 5) is 0. The van der Waals surface area contributed by atoms with Crippen LogP contribution in [-0.2, 0) is 0 Å². The lowest BCUT2D eigenvalue weighted by Gasteiger charge is -2.34. The summed E-state index contributed by atoms with van der Waals surface area (Å²) in [7, 11) is 0. The number of hydrogen-bond donors (Lipinski definition) is 0. The van der Waals surface area contributed by atoms with Gasteiger partial charge in [0.2, 0.25) is 0 Å². The predicted molar refractivity (Wildman–Crippen MR) is 57.8 cm³/mol. The van der Waals surface area contributed by atoms with E-state index in [2.05, 4.69) is 0 Å². The molecule has 0 aliphatic carbocycles. The first kappa shape index (κ1) is 14.8. The van der Waals surface area contributed by atoms with E-state index in [1.807, 2.05) is 20.8 Å². The van der Waals surface area contributed by atoms with Crippen molar-refractivity contribution in [1.29, 1.82) is 0 Å². The van der Waals surface area contributed by atoms with Gasteiger partial charge in [-0.3, -0.25) is 0 Å². The molecule has 0 aliphatic heterocycles. The lowest BCUT2D eigenvalue weighted by atomic mass is 9.75. The first-order valence-corrected chi connectivity index (χ1v) is 5.65. The molecule has 0 aromatic rings. The Labute approximate surface area is 91.3 Å². The Morgan fingerprint density at radius 3 is 1.53 bits per heavy atom. The number of rotatable bonds is 5. The van der Waals surface area contributed by atoms with Crippen molar-refractivity contribution in [1.82, 2.24) is 0 Å². The first-order valence-electron chi connectivity index (χ1n) is 5.65. The fourth-order valence-corrected chi connectivity index (χ4v) is 1.31. The van der Waals surface area contributed by atoms with Crippen molar-refractivity contribution in [3.8, 4) is 0 Å². The van der Waals surface area contributed by atoms with Crippen LogP contribution in [0.25, 0.3) is 0 Å². The second-order valence-corrected chi connectivity index (χ2v) is 5.43. The van der Waals surface area contributed by atoms with Crippen molar-refractivity contribution in [2.45, 2.75) is 66.5 Å². The molecule has 0 saturated carbocycles. The summed E-state index contributed by atoms with van der Waals surface area (Å²) in [5.74, 6) is 0. The van der Waals surface area contributed by atoms with Gasteiger partial charge in [0.1, 0.15) is 0 Å². The highest BCUT2D eigenvalue weighted by Gasteiger charge is 2.49. The summed E-state index contributed by atoms with van der Waals surface area (Å²) in [5, 5.41) is 0. The Morgan fingerprint density at radius 2 is 1.27 bits per heavy atom. The SMILES string of the molecule is CCC(C)(C)CCC(C)(CC)C(F)(F)F. The first-order chi connectivity index (χ1) is 6.58. The molecule has 0 spiro atoms. The molecule has 3 heteroatoms. The maximum atomic E-state index is 12.8. The number of alkyl halides is 3. The summed E-state index contributed by atoms with van der Waals surface area (Å²) in [6, 6.07) is 0. The van der Waals surface area contributed by atoms with Crippen LogP contribution < -0.4 is 0 Å². The molecule has 0 nitrogen and oxygen atoms in total. The van der Waals surface area contributed by atoms with Gasteiger partial charge in [0.05, 0.1) is 5.41 Å². The van der Waals surface area contributed by atoms with Crippen LogP contribution in [-0.4, -0.2) is 6.18 Å². The highest BCUT2D eigenvalue weighted by atomic mass is 19.4. The van der Waals surface area contributed by atoms with Gasteiger partial charge in [0.15, 0.2) is 0 Å². The summed E-state index contributed by atoms with van der Waals surface area (Å²) >= 11 is 0. The zero-order valence-electron chi connectivity index (χ0n) is 10.5. The van der Waals surface area contributed by atoms with Crippen molar-refractivity contribution in [2.75, 3.05) is 0 Å². The van der Waals surface area contributed by atoms with Crippen LogP contribution >= 0.6 is 0 Å². The van der Waals surface area contributed by atoms with Crippen molar-refractivity contribution in [3.63, 3.8) is 0 Å². The molecule has 0 aromatic carbocycles. The molecule has 1 unspecified atom stereocenters. The van der Waals surface area contributed by atoms with E-state index >= 15 is 0 Å². The van der Waals surface area contributed by atoms with Crippen molar-refractivity contribution < 1.29 is 13.2 Å². The van der Waals surface area contributed by atoms with Crippen molar-refractivity contribution in [2.24, 2.45) is 10.8 Å². The van der Waals surface area contributed by atoms with Crippen LogP contribution in [0.2, 0.25) is 0 Å². The minimum absolute atomic E-state index is 0.0156. The highest BCUT2D eigenvalue weighted by molar-refractivity contribution is 4.83. The Bertz CT molecular complexity index is 194. The maximum absolute atomic E-state index is 12.8. The van der Waals surface area contributed by atoms with Gasteiger partial charge >= 0.3 is 6.18 Å². The molecule has 0 rings (SSSR count). The smallest absolute Gasteiger partial charge is 0.171 e. The van der Waals surface area contributed by atoms with E-state index < -0.39 is 11.6 Å². The number of halogens is 3. The largest absolute Gasteiger partial charge is 0.394 e. The molecule has 0 saturated heterocycles. The quantitative estimate of drug-likeness (QED) is 0.603. The van der Waals surface area contributed by atoms with E-state index in [0.29, 0.717) is 6.42 Å². The molecule has 0 aromatic heterocycles. The van der Waals surface area contributed by atoms with Gasteiger partial charge in [-0.15, -0.1) is 0 Å². The Morgan fingerprint density at radius 1 is 0.800 bits per heavy atom. The summed E-state index contributed by atoms with van der Waals surface area (Å²) in [6.07, 6.45) is -2.13. The molecule has 0 heterocycles. The van der Waals surface area contributed by atoms with Gasteiger partial charge in [-0.2, -0.15) is 13.2 Å². The normalized spacial score (nSPS) is 17.6. The molecule has 0 amide bonds. The summed E-state index contributed by atoms with van der Waals surface area (Å²) < 4.78 is 38.4. The van der Waals surface area contributed by atoms with E-state index in [0.717, 1.165) is 6.42 Å². The molecule has 1 atom stereocenters. The molecule has 92 valence electrons. The van der Waals surface area contributed by atoms with Crippen LogP contribution in [0.4, 0.5) is 13.2 Å². The second kappa shape index (κ2) is 4.75. The van der Waals surface area contributed by atoms with Crippen molar-refractivity contribution >= 4 is 0 Å². The predicted octanol–water partition coefficient (Wildman–Crippen LogP) is 5.18. The molecule has 0 fully saturated rings. The van der Waals surface area contributed by atoms with Crippen LogP contribution in [0, 0.1) is 10.8 Å². The third kappa shape index (κ3) is 4.04. The van der Waals surface area contributed by atoms with E-state index in [4.69, 9.17) is 0 Å². The fourth-order valence-electron chi connectivity index (χ4n) is 1.31. The maximum Gasteiger partial charge on any atom is 0.394 e. The lowest BCUT2D eigenvalue weighted by Crippen LogP contribution is -2.35.